The molecule has 3 N–H and O–H groups in total. The SMILES string of the molecule is CCC/C=C\C/C=C\CCCCCCCC(=O)OCCCCCCCCCCCCCCCCCCCCCCCCCCCC(=O)NC(CO)C(O)/C=C/CCCCCCCCCCC. The van der Waals surface area contributed by atoms with Crippen molar-refractivity contribution in [2.45, 2.75) is 321 Å². The standard InChI is InChI=1S/C60H113NO5/c1-3-5-7-9-11-13-15-29-34-38-42-46-50-54-60(65)66-55-51-47-43-39-35-31-28-26-24-22-20-18-16-17-19-21-23-25-27-30-33-37-41-45-49-53-59(64)61-57(56-62)58(63)52-48-44-40-36-32-14-12-10-8-6-4-2/h7,9,13,15,48,52,57-58,62-63H,3-6,8,10-12,14,16-47,49-51,53-56H2,1-2H3,(H,61,64)/b9-7-,15-13-,52-48+. The van der Waals surface area contributed by atoms with Crippen molar-refractivity contribution in [1.82, 2.24) is 5.32 Å². The fraction of sp³-hybridized carbons (Fsp3) is 0.867. The number of carbonyl (C=O) groups is 2. The Morgan fingerprint density at radius 3 is 1.21 bits per heavy atom. The smallest absolute Gasteiger partial charge is 0.305 e. The van der Waals surface area contributed by atoms with E-state index in [1.165, 1.54) is 231 Å². The zero-order valence-electron chi connectivity index (χ0n) is 44.2. The Hall–Kier alpha value is -1.92. The number of hydrogen-bond acceptors (Lipinski definition) is 5. The van der Waals surface area contributed by atoms with Gasteiger partial charge >= 0.3 is 5.97 Å². The van der Waals surface area contributed by atoms with Crippen LogP contribution in [0.15, 0.2) is 36.5 Å². The van der Waals surface area contributed by atoms with Gasteiger partial charge in [0.2, 0.25) is 5.91 Å². The molecule has 66 heavy (non-hydrogen) atoms. The molecule has 2 unspecified atom stereocenters. The fourth-order valence-corrected chi connectivity index (χ4v) is 8.91. The molecule has 0 aromatic carbocycles. The Balaban J connectivity index is 3.36. The molecule has 0 aliphatic rings. The Morgan fingerprint density at radius 2 is 0.788 bits per heavy atom. The van der Waals surface area contributed by atoms with E-state index in [0.717, 1.165) is 51.4 Å². The van der Waals surface area contributed by atoms with Gasteiger partial charge in [0.05, 0.1) is 25.4 Å². The summed E-state index contributed by atoms with van der Waals surface area (Å²) in [5.74, 6) is -0.0672. The van der Waals surface area contributed by atoms with E-state index >= 15 is 0 Å². The first-order valence-electron chi connectivity index (χ1n) is 29.3. The molecule has 0 saturated heterocycles. The quantitative estimate of drug-likeness (QED) is 0.0321. The molecule has 0 spiro atoms. The first-order chi connectivity index (χ1) is 32.5. The molecule has 0 aliphatic carbocycles. The summed E-state index contributed by atoms with van der Waals surface area (Å²) in [6.45, 7) is 4.83. The van der Waals surface area contributed by atoms with Gasteiger partial charge in [-0.15, -0.1) is 0 Å². The van der Waals surface area contributed by atoms with Crippen LogP contribution in [0, 0.1) is 0 Å². The van der Waals surface area contributed by atoms with E-state index in [4.69, 9.17) is 4.74 Å². The molecule has 0 saturated carbocycles. The molecule has 0 aromatic rings. The average Bonchev–Trinajstić information content (AvgIpc) is 3.32. The molecule has 0 rings (SSSR count). The fourth-order valence-electron chi connectivity index (χ4n) is 8.91. The van der Waals surface area contributed by atoms with E-state index in [2.05, 4.69) is 43.5 Å². The maximum atomic E-state index is 12.4. The third kappa shape index (κ3) is 51.5. The van der Waals surface area contributed by atoms with Crippen LogP contribution in [-0.4, -0.2) is 47.4 Å². The van der Waals surface area contributed by atoms with Crippen LogP contribution in [0.1, 0.15) is 309 Å². The van der Waals surface area contributed by atoms with E-state index in [1.54, 1.807) is 6.08 Å². The molecule has 0 aliphatic heterocycles. The minimum Gasteiger partial charge on any atom is -0.466 e. The molecule has 0 bridgehead atoms. The van der Waals surface area contributed by atoms with Gasteiger partial charge in [0.1, 0.15) is 0 Å². The summed E-state index contributed by atoms with van der Waals surface area (Å²) in [7, 11) is 0. The normalized spacial score (nSPS) is 12.8. The van der Waals surface area contributed by atoms with Gasteiger partial charge in [-0.1, -0.05) is 275 Å². The summed E-state index contributed by atoms with van der Waals surface area (Å²) >= 11 is 0. The van der Waals surface area contributed by atoms with Crippen molar-refractivity contribution < 1.29 is 24.5 Å². The van der Waals surface area contributed by atoms with Crippen LogP contribution >= 0.6 is 0 Å². The number of amides is 1. The van der Waals surface area contributed by atoms with Crippen LogP contribution in [0.25, 0.3) is 0 Å². The maximum Gasteiger partial charge on any atom is 0.305 e. The van der Waals surface area contributed by atoms with Crippen LogP contribution in [-0.2, 0) is 14.3 Å². The average molecular weight is 929 g/mol. The second-order valence-corrected chi connectivity index (χ2v) is 20.0. The topological polar surface area (TPSA) is 95.9 Å². The Morgan fingerprint density at radius 1 is 0.424 bits per heavy atom. The predicted octanol–water partition coefficient (Wildman–Crippen LogP) is 18.0. The summed E-state index contributed by atoms with van der Waals surface area (Å²) in [5, 5.41) is 23.0. The molecule has 2 atom stereocenters. The monoisotopic (exact) mass is 928 g/mol. The van der Waals surface area contributed by atoms with Gasteiger partial charge in [0, 0.05) is 12.8 Å². The van der Waals surface area contributed by atoms with Crippen LogP contribution in [0.5, 0.6) is 0 Å². The highest BCUT2D eigenvalue weighted by molar-refractivity contribution is 5.76. The van der Waals surface area contributed by atoms with Crippen molar-refractivity contribution in [1.29, 1.82) is 0 Å². The van der Waals surface area contributed by atoms with Crippen molar-refractivity contribution in [3.63, 3.8) is 0 Å². The highest BCUT2D eigenvalue weighted by atomic mass is 16.5. The lowest BCUT2D eigenvalue weighted by atomic mass is 10.0. The van der Waals surface area contributed by atoms with E-state index in [9.17, 15) is 19.8 Å². The second kappa shape index (κ2) is 55.7. The number of ether oxygens (including phenoxy) is 1. The third-order valence-electron chi connectivity index (χ3n) is 13.4. The number of aliphatic hydroxyl groups is 2. The minimum absolute atomic E-state index is 0.000192. The zero-order valence-corrected chi connectivity index (χ0v) is 44.2. The highest BCUT2D eigenvalue weighted by Crippen LogP contribution is 2.17. The molecule has 1 amide bonds. The molecule has 0 fully saturated rings. The van der Waals surface area contributed by atoms with E-state index in [-0.39, 0.29) is 18.5 Å². The number of aliphatic hydroxyl groups excluding tert-OH is 2. The van der Waals surface area contributed by atoms with Crippen molar-refractivity contribution in [3.05, 3.63) is 36.5 Å². The Labute approximate surface area is 411 Å². The molecule has 388 valence electrons. The van der Waals surface area contributed by atoms with Gasteiger partial charge in [0.15, 0.2) is 0 Å². The van der Waals surface area contributed by atoms with E-state index in [0.29, 0.717) is 19.4 Å². The third-order valence-corrected chi connectivity index (χ3v) is 13.4. The van der Waals surface area contributed by atoms with E-state index in [1.807, 2.05) is 6.08 Å². The highest BCUT2D eigenvalue weighted by Gasteiger charge is 2.18. The number of hydrogen-bond donors (Lipinski definition) is 3. The number of unbranched alkanes of at least 4 members (excludes halogenated alkanes) is 39. The summed E-state index contributed by atoms with van der Waals surface area (Å²) in [6.07, 6.45) is 69.0. The molecule has 6 nitrogen and oxygen atoms in total. The van der Waals surface area contributed by atoms with Crippen LogP contribution in [0.3, 0.4) is 0 Å². The van der Waals surface area contributed by atoms with Crippen molar-refractivity contribution in [2.24, 2.45) is 0 Å². The van der Waals surface area contributed by atoms with Gasteiger partial charge in [-0.25, -0.2) is 0 Å². The first kappa shape index (κ1) is 64.1. The molecular formula is C60H113NO5. The summed E-state index contributed by atoms with van der Waals surface area (Å²) in [6, 6.07) is -0.625. The largest absolute Gasteiger partial charge is 0.466 e. The zero-order chi connectivity index (χ0) is 47.9. The molecule has 6 heteroatoms. The number of allylic oxidation sites excluding steroid dienone is 5. The number of carbonyl (C=O) groups excluding carboxylic acids is 2. The minimum atomic E-state index is -0.842. The van der Waals surface area contributed by atoms with Gasteiger partial charge in [-0.2, -0.15) is 0 Å². The van der Waals surface area contributed by atoms with Crippen molar-refractivity contribution >= 4 is 11.9 Å². The summed E-state index contributed by atoms with van der Waals surface area (Å²) < 4.78 is 5.47. The van der Waals surface area contributed by atoms with Gasteiger partial charge in [-0.3, -0.25) is 9.59 Å². The Kier molecular flexibility index (Phi) is 54.1. The number of rotatable bonds is 54. The first-order valence-corrected chi connectivity index (χ1v) is 29.3. The number of esters is 1. The van der Waals surface area contributed by atoms with Crippen LogP contribution in [0.4, 0.5) is 0 Å². The van der Waals surface area contributed by atoms with Crippen molar-refractivity contribution in [3.8, 4) is 0 Å². The van der Waals surface area contributed by atoms with Crippen LogP contribution < -0.4 is 5.32 Å². The maximum absolute atomic E-state index is 12.4. The van der Waals surface area contributed by atoms with Crippen molar-refractivity contribution in [2.75, 3.05) is 13.2 Å². The van der Waals surface area contributed by atoms with Crippen LogP contribution in [0.2, 0.25) is 0 Å². The van der Waals surface area contributed by atoms with Gasteiger partial charge < -0.3 is 20.3 Å². The summed E-state index contributed by atoms with van der Waals surface area (Å²) in [5.41, 5.74) is 0. The lowest BCUT2D eigenvalue weighted by Crippen LogP contribution is -2.45. The van der Waals surface area contributed by atoms with Gasteiger partial charge in [-0.05, 0) is 57.8 Å². The molecular weight excluding hydrogens is 815 g/mol. The predicted molar refractivity (Wildman–Crippen MR) is 287 cm³/mol. The second-order valence-electron chi connectivity index (χ2n) is 20.0. The lowest BCUT2D eigenvalue weighted by molar-refractivity contribution is -0.143. The molecule has 0 aromatic heterocycles. The molecule has 0 radical (unpaired) electrons. The lowest BCUT2D eigenvalue weighted by Gasteiger charge is -2.20. The summed E-state index contributed by atoms with van der Waals surface area (Å²) in [4.78, 5) is 24.4. The van der Waals surface area contributed by atoms with E-state index < -0.39 is 12.1 Å². The Bertz CT molecular complexity index is 1070. The number of nitrogens with one attached hydrogen (secondary N) is 1. The molecule has 0 heterocycles. The van der Waals surface area contributed by atoms with Gasteiger partial charge in [0.25, 0.3) is 0 Å².